The molecule has 0 aliphatic carbocycles. The lowest BCUT2D eigenvalue weighted by molar-refractivity contribution is -0.120. The molecule has 0 aliphatic heterocycles. The zero-order valence-electron chi connectivity index (χ0n) is 21.6. The minimum absolute atomic E-state index is 0.0497. The molecule has 0 aromatic heterocycles. The van der Waals surface area contributed by atoms with E-state index >= 15 is 0 Å². The fourth-order valence-electron chi connectivity index (χ4n) is 3.08. The molecule has 0 heterocycles. The Hall–Kier alpha value is -3.60. The van der Waals surface area contributed by atoms with Crippen LogP contribution in [-0.2, 0) is 4.79 Å². The van der Waals surface area contributed by atoms with Gasteiger partial charge in [-0.2, -0.15) is 0 Å². The molecular weight excluding hydrogens is 448 g/mol. The van der Waals surface area contributed by atoms with E-state index in [1.54, 1.807) is 18.2 Å². The molecule has 0 saturated carbocycles. The predicted octanol–water partition coefficient (Wildman–Crippen LogP) is 6.72. The summed E-state index contributed by atoms with van der Waals surface area (Å²) in [6.07, 6.45) is 32.8. The first-order chi connectivity index (χ1) is 17.6. The highest BCUT2D eigenvalue weighted by Gasteiger charge is 2.09. The average Bonchev–Trinajstić information content (AvgIpc) is 2.88. The average molecular weight is 491 g/mol. The fraction of sp³-hybridized carbons (Fsp3) is 0.355. The van der Waals surface area contributed by atoms with E-state index in [0.717, 1.165) is 38.5 Å². The maximum atomic E-state index is 12.0. The molecule has 2 amide bonds. The first-order valence-corrected chi connectivity index (χ1v) is 12.9. The zero-order valence-corrected chi connectivity index (χ0v) is 21.6. The zero-order chi connectivity index (χ0) is 26.1. The molecule has 0 saturated heterocycles. The van der Waals surface area contributed by atoms with Gasteiger partial charge in [-0.15, -0.1) is 0 Å². The van der Waals surface area contributed by atoms with Gasteiger partial charge >= 0.3 is 0 Å². The number of hydrogen-bond acceptors (Lipinski definition) is 3. The highest BCUT2D eigenvalue weighted by atomic mass is 16.3. The number of nitrogens with one attached hydrogen (secondary N) is 2. The number of amides is 2. The second-order valence-electron chi connectivity index (χ2n) is 8.08. The van der Waals surface area contributed by atoms with Crippen molar-refractivity contribution in [3.63, 3.8) is 0 Å². The summed E-state index contributed by atoms with van der Waals surface area (Å²) >= 11 is 0. The van der Waals surface area contributed by atoms with Gasteiger partial charge in [-0.05, 0) is 57.1 Å². The number of allylic oxidation sites excluding steroid dienone is 12. The Balaban J connectivity index is 1.99. The van der Waals surface area contributed by atoms with E-state index in [0.29, 0.717) is 25.9 Å². The Labute approximate surface area is 217 Å². The number of carbonyl (C=O) groups excluding carboxylic acids is 2. The van der Waals surface area contributed by atoms with Crippen molar-refractivity contribution in [3.8, 4) is 5.75 Å². The van der Waals surface area contributed by atoms with Crippen LogP contribution < -0.4 is 10.6 Å². The van der Waals surface area contributed by atoms with Gasteiger partial charge in [0.15, 0.2) is 0 Å². The minimum Gasteiger partial charge on any atom is -0.507 e. The number of rotatable bonds is 18. The Morgan fingerprint density at radius 1 is 0.694 bits per heavy atom. The molecular formula is C31H42N2O3. The largest absolute Gasteiger partial charge is 0.507 e. The number of aromatic hydroxyl groups is 1. The van der Waals surface area contributed by atoms with E-state index in [4.69, 9.17) is 0 Å². The molecule has 0 fully saturated rings. The number of hydrogen-bond donors (Lipinski definition) is 3. The molecule has 1 aromatic rings. The molecule has 0 aliphatic rings. The molecule has 36 heavy (non-hydrogen) atoms. The van der Waals surface area contributed by atoms with Gasteiger partial charge in [0.05, 0.1) is 5.56 Å². The van der Waals surface area contributed by atoms with Crippen LogP contribution >= 0.6 is 0 Å². The number of carbonyl (C=O) groups is 2. The maximum absolute atomic E-state index is 12.0. The smallest absolute Gasteiger partial charge is 0.255 e. The summed E-state index contributed by atoms with van der Waals surface area (Å²) in [6.45, 7) is 2.80. The third kappa shape index (κ3) is 16.9. The van der Waals surface area contributed by atoms with E-state index in [2.05, 4.69) is 84.4 Å². The summed E-state index contributed by atoms with van der Waals surface area (Å²) in [5.41, 5.74) is 0.224. The van der Waals surface area contributed by atoms with Crippen LogP contribution in [0.5, 0.6) is 5.75 Å². The van der Waals surface area contributed by atoms with Gasteiger partial charge in [-0.25, -0.2) is 0 Å². The van der Waals surface area contributed by atoms with Crippen LogP contribution in [0.3, 0.4) is 0 Å². The Morgan fingerprint density at radius 2 is 1.17 bits per heavy atom. The van der Waals surface area contributed by atoms with Crippen molar-refractivity contribution in [2.45, 2.75) is 58.3 Å². The molecule has 3 N–H and O–H groups in total. The van der Waals surface area contributed by atoms with Gasteiger partial charge in [0.1, 0.15) is 5.75 Å². The highest BCUT2D eigenvalue weighted by molar-refractivity contribution is 5.96. The molecule has 0 bridgehead atoms. The summed E-state index contributed by atoms with van der Waals surface area (Å²) in [7, 11) is 0. The molecule has 194 valence electrons. The van der Waals surface area contributed by atoms with Crippen molar-refractivity contribution in [1.29, 1.82) is 0 Å². The van der Waals surface area contributed by atoms with Crippen LogP contribution in [0.25, 0.3) is 0 Å². The Morgan fingerprint density at radius 3 is 1.69 bits per heavy atom. The first kappa shape index (κ1) is 30.4. The summed E-state index contributed by atoms with van der Waals surface area (Å²) in [5, 5.41) is 15.1. The molecule has 5 heteroatoms. The Kier molecular flexibility index (Phi) is 18.5. The summed E-state index contributed by atoms with van der Waals surface area (Å²) < 4.78 is 0. The third-order valence-electron chi connectivity index (χ3n) is 5.02. The van der Waals surface area contributed by atoms with Gasteiger partial charge in [-0.1, -0.05) is 92.0 Å². The van der Waals surface area contributed by atoms with Crippen LogP contribution in [0.1, 0.15) is 68.6 Å². The lowest BCUT2D eigenvalue weighted by Crippen LogP contribution is -2.34. The third-order valence-corrected chi connectivity index (χ3v) is 5.02. The number of phenolic OH excluding ortho intramolecular Hbond substituents is 1. The van der Waals surface area contributed by atoms with E-state index < -0.39 is 0 Å². The van der Waals surface area contributed by atoms with Crippen molar-refractivity contribution in [2.75, 3.05) is 13.1 Å². The SMILES string of the molecule is CC/C=C\C/C=C\C/C=C\C/C=C\C/C=C\C/C=C\CCC(=O)NCCNC(=O)c1ccccc1O. The molecule has 0 radical (unpaired) electrons. The van der Waals surface area contributed by atoms with E-state index in [1.165, 1.54) is 6.07 Å². The summed E-state index contributed by atoms with van der Waals surface area (Å²) in [6, 6.07) is 6.36. The standard InChI is InChI=1S/C31H42N2O3/c1-2-3-4-5-6-7-8-9-10-11-12-13-14-15-16-17-18-19-20-25-30(35)32-26-27-33-31(36)28-23-21-22-24-29(28)34/h3-4,6-7,9-10,12-13,15-16,18-19,21-24,34H,2,5,8,11,14,17,20,25-27H2,1H3,(H,32,35)(H,33,36)/b4-3-,7-6-,10-9-,13-12-,16-15-,19-18-. The first-order valence-electron chi connectivity index (χ1n) is 12.9. The fourth-order valence-corrected chi connectivity index (χ4v) is 3.08. The quantitative estimate of drug-likeness (QED) is 0.158. The minimum atomic E-state index is -0.361. The second-order valence-corrected chi connectivity index (χ2v) is 8.08. The number of para-hydroxylation sites is 1. The lowest BCUT2D eigenvalue weighted by Gasteiger charge is -2.07. The van der Waals surface area contributed by atoms with Gasteiger partial charge in [-0.3, -0.25) is 9.59 Å². The monoisotopic (exact) mass is 490 g/mol. The second kappa shape index (κ2) is 21.9. The van der Waals surface area contributed by atoms with Crippen molar-refractivity contribution in [3.05, 3.63) is 103 Å². The molecule has 0 atom stereocenters. The molecule has 1 aromatic carbocycles. The van der Waals surface area contributed by atoms with E-state index in [9.17, 15) is 14.7 Å². The van der Waals surface area contributed by atoms with Crippen LogP contribution in [0.2, 0.25) is 0 Å². The molecule has 1 rings (SSSR count). The van der Waals surface area contributed by atoms with Crippen molar-refractivity contribution >= 4 is 11.8 Å². The van der Waals surface area contributed by atoms with Gasteiger partial charge in [0.2, 0.25) is 5.91 Å². The van der Waals surface area contributed by atoms with Crippen LogP contribution in [0.4, 0.5) is 0 Å². The van der Waals surface area contributed by atoms with Crippen LogP contribution in [0.15, 0.2) is 97.2 Å². The molecule has 0 spiro atoms. The van der Waals surface area contributed by atoms with Gasteiger partial charge in [0, 0.05) is 19.5 Å². The van der Waals surface area contributed by atoms with E-state index in [1.807, 2.05) is 6.08 Å². The van der Waals surface area contributed by atoms with Crippen LogP contribution in [-0.4, -0.2) is 30.0 Å². The van der Waals surface area contributed by atoms with Crippen molar-refractivity contribution in [2.24, 2.45) is 0 Å². The highest BCUT2D eigenvalue weighted by Crippen LogP contribution is 2.14. The lowest BCUT2D eigenvalue weighted by atomic mass is 10.2. The summed E-state index contributed by atoms with van der Waals surface area (Å²) in [5.74, 6) is -0.470. The van der Waals surface area contributed by atoms with E-state index in [-0.39, 0.29) is 23.1 Å². The van der Waals surface area contributed by atoms with Crippen molar-refractivity contribution in [1.82, 2.24) is 10.6 Å². The molecule has 0 unspecified atom stereocenters. The summed E-state index contributed by atoms with van der Waals surface area (Å²) in [4.78, 5) is 23.8. The predicted molar refractivity (Wildman–Crippen MR) is 151 cm³/mol. The van der Waals surface area contributed by atoms with Gasteiger partial charge < -0.3 is 15.7 Å². The number of phenols is 1. The van der Waals surface area contributed by atoms with Crippen LogP contribution in [0, 0.1) is 0 Å². The number of benzene rings is 1. The molecule has 5 nitrogen and oxygen atoms in total. The maximum Gasteiger partial charge on any atom is 0.255 e. The Bertz CT molecular complexity index is 924. The topological polar surface area (TPSA) is 78.4 Å². The van der Waals surface area contributed by atoms with Gasteiger partial charge in [0.25, 0.3) is 5.91 Å². The normalized spacial score (nSPS) is 12.2. The van der Waals surface area contributed by atoms with Crippen molar-refractivity contribution < 1.29 is 14.7 Å².